The molecular formula is C15H19ClO. The van der Waals surface area contributed by atoms with Crippen LogP contribution < -0.4 is 0 Å². The molecule has 1 aromatic carbocycles. The SMILES string of the molecule is CCC(C)(CC)C(=O)C=Cc1ccc(Cl)cc1. The molecule has 0 saturated carbocycles. The number of carbonyl (C=O) groups is 1. The maximum absolute atomic E-state index is 12.1. The van der Waals surface area contributed by atoms with E-state index in [4.69, 9.17) is 11.6 Å². The van der Waals surface area contributed by atoms with Crippen molar-refractivity contribution in [2.75, 3.05) is 0 Å². The summed E-state index contributed by atoms with van der Waals surface area (Å²) in [5.41, 5.74) is 0.764. The summed E-state index contributed by atoms with van der Waals surface area (Å²) in [6.07, 6.45) is 5.26. The first-order valence-electron chi connectivity index (χ1n) is 6.00. The van der Waals surface area contributed by atoms with Crippen molar-refractivity contribution in [3.63, 3.8) is 0 Å². The first-order valence-corrected chi connectivity index (χ1v) is 6.37. The van der Waals surface area contributed by atoms with E-state index in [0.717, 1.165) is 18.4 Å². The minimum atomic E-state index is -0.233. The molecular weight excluding hydrogens is 232 g/mol. The number of hydrogen-bond donors (Lipinski definition) is 0. The van der Waals surface area contributed by atoms with Gasteiger partial charge in [0.2, 0.25) is 0 Å². The summed E-state index contributed by atoms with van der Waals surface area (Å²) >= 11 is 5.80. The lowest BCUT2D eigenvalue weighted by atomic mass is 9.80. The molecule has 0 heterocycles. The monoisotopic (exact) mass is 250 g/mol. The van der Waals surface area contributed by atoms with E-state index in [9.17, 15) is 4.79 Å². The van der Waals surface area contributed by atoms with Crippen LogP contribution in [0.3, 0.4) is 0 Å². The van der Waals surface area contributed by atoms with Gasteiger partial charge in [-0.1, -0.05) is 50.6 Å². The minimum absolute atomic E-state index is 0.192. The summed E-state index contributed by atoms with van der Waals surface area (Å²) in [5, 5.41) is 0.709. The molecule has 0 fully saturated rings. The van der Waals surface area contributed by atoms with E-state index in [1.807, 2.05) is 37.3 Å². The van der Waals surface area contributed by atoms with Crippen molar-refractivity contribution in [3.05, 3.63) is 40.9 Å². The van der Waals surface area contributed by atoms with Crippen molar-refractivity contribution in [2.24, 2.45) is 5.41 Å². The molecule has 2 heteroatoms. The molecule has 1 nitrogen and oxygen atoms in total. The number of allylic oxidation sites excluding steroid dienone is 1. The Kier molecular flexibility index (Phi) is 4.95. The number of hydrogen-bond acceptors (Lipinski definition) is 1. The van der Waals surface area contributed by atoms with E-state index in [1.54, 1.807) is 6.08 Å². The minimum Gasteiger partial charge on any atom is -0.294 e. The van der Waals surface area contributed by atoms with Crippen LogP contribution >= 0.6 is 11.6 Å². The van der Waals surface area contributed by atoms with Crippen LogP contribution in [0.25, 0.3) is 6.08 Å². The lowest BCUT2D eigenvalue weighted by Crippen LogP contribution is -2.24. The van der Waals surface area contributed by atoms with Gasteiger partial charge in [-0.05, 0) is 36.6 Å². The molecule has 0 amide bonds. The summed E-state index contributed by atoms with van der Waals surface area (Å²) in [6.45, 7) is 6.12. The van der Waals surface area contributed by atoms with Gasteiger partial charge in [-0.15, -0.1) is 0 Å². The summed E-state index contributed by atoms with van der Waals surface area (Å²) in [6, 6.07) is 7.46. The summed E-state index contributed by atoms with van der Waals surface area (Å²) in [7, 11) is 0. The topological polar surface area (TPSA) is 17.1 Å². The van der Waals surface area contributed by atoms with Crippen molar-refractivity contribution in [2.45, 2.75) is 33.6 Å². The fraction of sp³-hybridized carbons (Fsp3) is 0.400. The number of rotatable bonds is 5. The third-order valence-electron chi connectivity index (χ3n) is 3.45. The largest absolute Gasteiger partial charge is 0.294 e. The van der Waals surface area contributed by atoms with Gasteiger partial charge in [-0.25, -0.2) is 0 Å². The zero-order chi connectivity index (χ0) is 12.9. The Balaban J connectivity index is 2.77. The molecule has 0 aliphatic rings. The van der Waals surface area contributed by atoms with E-state index >= 15 is 0 Å². The lowest BCUT2D eigenvalue weighted by Gasteiger charge is -2.22. The van der Waals surface area contributed by atoms with Crippen LogP contribution in [0, 0.1) is 5.41 Å². The molecule has 0 spiro atoms. The van der Waals surface area contributed by atoms with Gasteiger partial charge in [0.25, 0.3) is 0 Å². The predicted octanol–water partition coefficient (Wildman–Crippen LogP) is 4.75. The molecule has 0 radical (unpaired) electrons. The van der Waals surface area contributed by atoms with Gasteiger partial charge in [-0.2, -0.15) is 0 Å². The maximum Gasteiger partial charge on any atom is 0.161 e. The first-order chi connectivity index (χ1) is 8.01. The van der Waals surface area contributed by atoms with Crippen LogP contribution in [0.4, 0.5) is 0 Å². The molecule has 0 saturated heterocycles. The highest BCUT2D eigenvalue weighted by molar-refractivity contribution is 6.30. The van der Waals surface area contributed by atoms with Gasteiger partial charge in [0.1, 0.15) is 0 Å². The van der Waals surface area contributed by atoms with Crippen LogP contribution in [0.1, 0.15) is 39.2 Å². The van der Waals surface area contributed by atoms with Crippen molar-refractivity contribution in [3.8, 4) is 0 Å². The van der Waals surface area contributed by atoms with Gasteiger partial charge < -0.3 is 0 Å². The average molecular weight is 251 g/mol. The second kappa shape index (κ2) is 6.02. The molecule has 0 aliphatic heterocycles. The second-order valence-electron chi connectivity index (χ2n) is 4.52. The number of halogens is 1. The fourth-order valence-corrected chi connectivity index (χ4v) is 1.67. The molecule has 0 bridgehead atoms. The molecule has 1 rings (SSSR count). The van der Waals surface area contributed by atoms with Crippen molar-refractivity contribution in [1.29, 1.82) is 0 Å². The van der Waals surface area contributed by atoms with Crippen LogP contribution in [0.15, 0.2) is 30.3 Å². The van der Waals surface area contributed by atoms with Gasteiger partial charge in [0.05, 0.1) is 0 Å². The maximum atomic E-state index is 12.1. The van der Waals surface area contributed by atoms with Crippen LogP contribution in [0.2, 0.25) is 5.02 Å². The Morgan fingerprint density at radius 2 is 1.76 bits per heavy atom. The molecule has 0 atom stereocenters. The standard InChI is InChI=1S/C15H19ClO/c1-4-15(3,5-2)14(17)11-8-12-6-9-13(16)10-7-12/h6-11H,4-5H2,1-3H3. The van der Waals surface area contributed by atoms with Crippen molar-refractivity contribution in [1.82, 2.24) is 0 Å². The Hall–Kier alpha value is -1.08. The third-order valence-corrected chi connectivity index (χ3v) is 3.70. The summed E-state index contributed by atoms with van der Waals surface area (Å²) < 4.78 is 0. The molecule has 17 heavy (non-hydrogen) atoms. The van der Waals surface area contributed by atoms with Gasteiger partial charge in [-0.3, -0.25) is 4.79 Å². The Morgan fingerprint density at radius 1 is 1.24 bits per heavy atom. The number of carbonyl (C=O) groups excluding carboxylic acids is 1. The van der Waals surface area contributed by atoms with Gasteiger partial charge >= 0.3 is 0 Å². The summed E-state index contributed by atoms with van der Waals surface area (Å²) in [4.78, 5) is 12.1. The third kappa shape index (κ3) is 3.71. The van der Waals surface area contributed by atoms with Gasteiger partial charge in [0.15, 0.2) is 5.78 Å². The second-order valence-corrected chi connectivity index (χ2v) is 4.95. The van der Waals surface area contributed by atoms with Crippen molar-refractivity contribution < 1.29 is 4.79 Å². The average Bonchev–Trinajstić information content (AvgIpc) is 2.36. The number of ketones is 1. The highest BCUT2D eigenvalue weighted by atomic mass is 35.5. The van der Waals surface area contributed by atoms with E-state index in [1.165, 1.54) is 0 Å². The Labute approximate surface area is 108 Å². The molecule has 1 aromatic rings. The highest BCUT2D eigenvalue weighted by Gasteiger charge is 2.26. The highest BCUT2D eigenvalue weighted by Crippen LogP contribution is 2.27. The molecule has 0 unspecified atom stereocenters. The van der Waals surface area contributed by atoms with E-state index in [0.29, 0.717) is 5.02 Å². The molecule has 0 N–H and O–H groups in total. The zero-order valence-corrected chi connectivity index (χ0v) is 11.4. The molecule has 0 aromatic heterocycles. The molecule has 92 valence electrons. The normalized spacial score (nSPS) is 12.0. The smallest absolute Gasteiger partial charge is 0.161 e. The zero-order valence-electron chi connectivity index (χ0n) is 10.7. The van der Waals surface area contributed by atoms with E-state index < -0.39 is 0 Å². The number of benzene rings is 1. The van der Waals surface area contributed by atoms with Crippen LogP contribution in [-0.4, -0.2) is 5.78 Å². The quantitative estimate of drug-likeness (QED) is 0.690. The van der Waals surface area contributed by atoms with Crippen LogP contribution in [-0.2, 0) is 4.79 Å². The summed E-state index contributed by atoms with van der Waals surface area (Å²) in [5.74, 6) is 0.192. The Morgan fingerprint density at radius 3 is 2.24 bits per heavy atom. The lowest BCUT2D eigenvalue weighted by molar-refractivity contribution is -0.123. The fourth-order valence-electron chi connectivity index (χ4n) is 1.55. The Bertz CT molecular complexity index is 399. The van der Waals surface area contributed by atoms with Crippen molar-refractivity contribution >= 4 is 23.5 Å². The van der Waals surface area contributed by atoms with Gasteiger partial charge in [0, 0.05) is 10.4 Å². The van der Waals surface area contributed by atoms with Crippen LogP contribution in [0.5, 0.6) is 0 Å². The molecule has 0 aliphatic carbocycles. The predicted molar refractivity (Wildman–Crippen MR) is 74.2 cm³/mol. The van der Waals surface area contributed by atoms with E-state index in [-0.39, 0.29) is 11.2 Å². The van der Waals surface area contributed by atoms with E-state index in [2.05, 4.69) is 13.8 Å². The first kappa shape index (κ1) is 14.0.